The number of anilines is 1. The molecule has 0 aliphatic carbocycles. The van der Waals surface area contributed by atoms with Gasteiger partial charge in [0.2, 0.25) is 15.3 Å². The summed E-state index contributed by atoms with van der Waals surface area (Å²) >= 11 is 5.85. The van der Waals surface area contributed by atoms with E-state index in [1.165, 1.54) is 0 Å². The van der Waals surface area contributed by atoms with Crippen molar-refractivity contribution in [3.63, 3.8) is 0 Å². The van der Waals surface area contributed by atoms with Gasteiger partial charge in [-0.3, -0.25) is 0 Å². The molecule has 0 unspecified atom stereocenters. The lowest BCUT2D eigenvalue weighted by Gasteiger charge is -2.12. The Labute approximate surface area is 168 Å². The van der Waals surface area contributed by atoms with Crippen LogP contribution in [0.3, 0.4) is 0 Å². The minimum atomic E-state index is -3.48. The van der Waals surface area contributed by atoms with Gasteiger partial charge in [-0.05, 0) is 47.5 Å². The SMILES string of the molecule is Nc1ccc(CS(=O)(=O)NCCOc2ccccc2-c2ccnc(Cl)n2)cc1. The Bertz CT molecular complexity index is 1040. The second-order valence-electron chi connectivity index (χ2n) is 5.95. The number of nitrogens with one attached hydrogen (secondary N) is 1. The van der Waals surface area contributed by atoms with Crippen molar-refractivity contribution in [3.8, 4) is 17.0 Å². The quantitative estimate of drug-likeness (QED) is 0.331. The molecule has 3 rings (SSSR count). The first-order valence-electron chi connectivity index (χ1n) is 8.45. The lowest BCUT2D eigenvalue weighted by Crippen LogP contribution is -2.29. The topological polar surface area (TPSA) is 107 Å². The summed E-state index contributed by atoms with van der Waals surface area (Å²) < 4.78 is 32.7. The van der Waals surface area contributed by atoms with E-state index < -0.39 is 10.0 Å². The highest BCUT2D eigenvalue weighted by Crippen LogP contribution is 2.28. The Balaban J connectivity index is 1.57. The molecule has 1 aromatic heterocycles. The smallest absolute Gasteiger partial charge is 0.222 e. The minimum Gasteiger partial charge on any atom is -0.492 e. The van der Waals surface area contributed by atoms with E-state index >= 15 is 0 Å². The first-order valence-corrected chi connectivity index (χ1v) is 10.5. The van der Waals surface area contributed by atoms with Crippen LogP contribution in [0.4, 0.5) is 5.69 Å². The number of sulfonamides is 1. The van der Waals surface area contributed by atoms with Gasteiger partial charge in [-0.15, -0.1) is 0 Å². The largest absolute Gasteiger partial charge is 0.492 e. The van der Waals surface area contributed by atoms with Crippen molar-refractivity contribution in [2.45, 2.75) is 5.75 Å². The predicted molar refractivity (Wildman–Crippen MR) is 109 cm³/mol. The van der Waals surface area contributed by atoms with Crippen LogP contribution in [0, 0.1) is 0 Å². The molecule has 0 aliphatic rings. The third-order valence-electron chi connectivity index (χ3n) is 3.81. The fourth-order valence-electron chi connectivity index (χ4n) is 2.53. The molecule has 146 valence electrons. The molecule has 3 N–H and O–H groups in total. The third-order valence-corrected chi connectivity index (χ3v) is 5.35. The molecule has 0 amide bonds. The van der Waals surface area contributed by atoms with Gasteiger partial charge < -0.3 is 10.5 Å². The second kappa shape index (κ2) is 9.01. The number of ether oxygens (including phenoxy) is 1. The minimum absolute atomic E-state index is 0.122. The summed E-state index contributed by atoms with van der Waals surface area (Å²) in [5.74, 6) is 0.457. The highest BCUT2D eigenvalue weighted by Gasteiger charge is 2.12. The summed E-state index contributed by atoms with van der Waals surface area (Å²) in [6.45, 7) is 0.299. The number of hydrogen-bond donors (Lipinski definition) is 2. The van der Waals surface area contributed by atoms with Crippen LogP contribution >= 0.6 is 11.6 Å². The van der Waals surface area contributed by atoms with E-state index in [9.17, 15) is 8.42 Å². The molecule has 0 fully saturated rings. The Kier molecular flexibility index (Phi) is 6.45. The zero-order valence-electron chi connectivity index (χ0n) is 14.9. The van der Waals surface area contributed by atoms with Gasteiger partial charge in [-0.2, -0.15) is 0 Å². The Hall–Kier alpha value is -2.68. The van der Waals surface area contributed by atoms with E-state index in [1.807, 2.05) is 18.2 Å². The van der Waals surface area contributed by atoms with Gasteiger partial charge >= 0.3 is 0 Å². The van der Waals surface area contributed by atoms with Crippen LogP contribution in [0.25, 0.3) is 11.3 Å². The standard InChI is InChI=1S/C19H19ClN4O3S/c20-19-22-10-9-17(24-19)16-3-1-2-4-18(16)27-12-11-23-28(25,26)13-14-5-7-15(21)8-6-14/h1-10,23H,11-13,21H2. The number of rotatable bonds is 8. The number of para-hydroxylation sites is 1. The lowest BCUT2D eigenvalue weighted by atomic mass is 10.1. The first-order chi connectivity index (χ1) is 13.4. The molecule has 0 spiro atoms. The highest BCUT2D eigenvalue weighted by atomic mass is 35.5. The van der Waals surface area contributed by atoms with Crippen molar-refractivity contribution in [2.75, 3.05) is 18.9 Å². The summed E-state index contributed by atoms with van der Waals surface area (Å²) in [5, 5.41) is 0.141. The van der Waals surface area contributed by atoms with Crippen LogP contribution in [0.5, 0.6) is 5.75 Å². The van der Waals surface area contributed by atoms with E-state index in [-0.39, 0.29) is 24.2 Å². The zero-order chi connectivity index (χ0) is 20.0. The Morgan fingerprint density at radius 3 is 2.57 bits per heavy atom. The molecule has 3 aromatic rings. The lowest BCUT2D eigenvalue weighted by molar-refractivity contribution is 0.324. The van der Waals surface area contributed by atoms with Crippen molar-refractivity contribution in [3.05, 3.63) is 71.6 Å². The monoisotopic (exact) mass is 418 g/mol. The summed E-state index contributed by atoms with van der Waals surface area (Å²) in [6.07, 6.45) is 1.56. The summed E-state index contributed by atoms with van der Waals surface area (Å²) in [7, 11) is -3.48. The maximum Gasteiger partial charge on any atom is 0.222 e. The normalized spacial score (nSPS) is 11.3. The molecule has 0 aliphatic heterocycles. The summed E-state index contributed by atoms with van der Waals surface area (Å²) in [6, 6.07) is 15.8. The van der Waals surface area contributed by atoms with Gasteiger partial charge in [0.1, 0.15) is 12.4 Å². The maximum atomic E-state index is 12.2. The van der Waals surface area contributed by atoms with Gasteiger partial charge in [-0.25, -0.2) is 23.1 Å². The maximum absolute atomic E-state index is 12.2. The molecule has 0 radical (unpaired) electrons. The van der Waals surface area contributed by atoms with Gasteiger partial charge in [0, 0.05) is 24.0 Å². The molecule has 7 nitrogen and oxygen atoms in total. The van der Waals surface area contributed by atoms with Crippen molar-refractivity contribution in [2.24, 2.45) is 0 Å². The van der Waals surface area contributed by atoms with E-state index in [0.29, 0.717) is 22.7 Å². The van der Waals surface area contributed by atoms with Crippen LogP contribution in [-0.4, -0.2) is 31.5 Å². The number of nitrogen functional groups attached to an aromatic ring is 1. The number of nitrogens with zero attached hydrogens (tertiary/aromatic N) is 2. The van der Waals surface area contributed by atoms with Gasteiger partial charge in [0.15, 0.2) is 0 Å². The molecule has 9 heteroatoms. The number of hydrogen-bond acceptors (Lipinski definition) is 6. The zero-order valence-corrected chi connectivity index (χ0v) is 16.4. The Morgan fingerprint density at radius 2 is 1.82 bits per heavy atom. The van der Waals surface area contributed by atoms with Crippen molar-refractivity contribution in [1.82, 2.24) is 14.7 Å². The Morgan fingerprint density at radius 1 is 1.07 bits per heavy atom. The summed E-state index contributed by atoms with van der Waals surface area (Å²) in [4.78, 5) is 8.04. The fraction of sp³-hybridized carbons (Fsp3) is 0.158. The van der Waals surface area contributed by atoms with Crippen LogP contribution < -0.4 is 15.2 Å². The average Bonchev–Trinajstić information content (AvgIpc) is 2.67. The van der Waals surface area contributed by atoms with Gasteiger partial charge in [0.25, 0.3) is 0 Å². The van der Waals surface area contributed by atoms with E-state index in [4.69, 9.17) is 22.1 Å². The van der Waals surface area contributed by atoms with E-state index in [2.05, 4.69) is 14.7 Å². The first kappa shape index (κ1) is 20.1. The number of benzene rings is 2. The van der Waals surface area contributed by atoms with E-state index in [1.54, 1.807) is 42.6 Å². The molecule has 0 bridgehead atoms. The van der Waals surface area contributed by atoms with Crippen molar-refractivity contribution in [1.29, 1.82) is 0 Å². The molecule has 0 saturated heterocycles. The molecular weight excluding hydrogens is 400 g/mol. The molecule has 2 aromatic carbocycles. The van der Waals surface area contributed by atoms with E-state index in [0.717, 1.165) is 5.56 Å². The van der Waals surface area contributed by atoms with Crippen LogP contribution in [0.1, 0.15) is 5.56 Å². The fourth-order valence-corrected chi connectivity index (χ4v) is 3.81. The molecule has 28 heavy (non-hydrogen) atoms. The third kappa shape index (κ3) is 5.66. The number of nitrogens with two attached hydrogens (primary N) is 1. The van der Waals surface area contributed by atoms with Gasteiger partial charge in [-0.1, -0.05) is 24.3 Å². The van der Waals surface area contributed by atoms with Crippen LogP contribution in [0.2, 0.25) is 5.28 Å². The summed E-state index contributed by atoms with van der Waals surface area (Å²) in [5.41, 5.74) is 8.23. The van der Waals surface area contributed by atoms with Crippen LogP contribution in [0.15, 0.2) is 60.8 Å². The van der Waals surface area contributed by atoms with Crippen molar-refractivity contribution < 1.29 is 13.2 Å². The second-order valence-corrected chi connectivity index (χ2v) is 8.10. The highest BCUT2D eigenvalue weighted by molar-refractivity contribution is 7.88. The molecule has 0 atom stereocenters. The average molecular weight is 419 g/mol. The van der Waals surface area contributed by atoms with Crippen molar-refractivity contribution >= 4 is 27.3 Å². The predicted octanol–water partition coefficient (Wildman–Crippen LogP) is 2.88. The molecular formula is C19H19ClN4O3S. The molecule has 0 saturated carbocycles. The van der Waals surface area contributed by atoms with Gasteiger partial charge in [0.05, 0.1) is 11.4 Å². The number of aromatic nitrogens is 2. The number of halogens is 1. The molecule has 1 heterocycles. The van der Waals surface area contributed by atoms with Crippen LogP contribution in [-0.2, 0) is 15.8 Å².